The molecule has 0 radical (unpaired) electrons. The number of nitrogens with zero attached hydrogens (tertiary/aromatic N) is 2. The van der Waals surface area contributed by atoms with Gasteiger partial charge >= 0.3 is 0 Å². The molecule has 2 heterocycles. The number of aromatic nitrogens is 1. The van der Waals surface area contributed by atoms with Gasteiger partial charge in [0.25, 0.3) is 0 Å². The molecule has 25 heavy (non-hydrogen) atoms. The molecule has 2 aromatic rings. The van der Waals surface area contributed by atoms with Crippen LogP contribution < -0.4 is 10.6 Å². The first kappa shape index (κ1) is 17.2. The average Bonchev–Trinajstić information content (AvgIpc) is 3.13. The van der Waals surface area contributed by atoms with Crippen LogP contribution in [0.5, 0.6) is 5.75 Å². The van der Waals surface area contributed by atoms with Crippen LogP contribution in [-0.2, 0) is 6.54 Å². The van der Waals surface area contributed by atoms with Gasteiger partial charge in [-0.3, -0.25) is 4.98 Å². The third-order valence-electron chi connectivity index (χ3n) is 4.27. The summed E-state index contributed by atoms with van der Waals surface area (Å²) in [7, 11) is 0. The summed E-state index contributed by atoms with van der Waals surface area (Å²) in [6, 6.07) is 7.37. The summed E-state index contributed by atoms with van der Waals surface area (Å²) < 4.78 is 0. The first-order valence-electron chi connectivity index (χ1n) is 8.48. The lowest BCUT2D eigenvalue weighted by Crippen LogP contribution is -2.24. The quantitative estimate of drug-likeness (QED) is 0.710. The number of nitrogens with one attached hydrogen (secondary N) is 2. The molecule has 1 aromatic carbocycles. The summed E-state index contributed by atoms with van der Waals surface area (Å²) in [5.41, 5.74) is 3.36. The van der Waals surface area contributed by atoms with Crippen LogP contribution in [0, 0.1) is 12.5 Å². The van der Waals surface area contributed by atoms with Gasteiger partial charge in [0.15, 0.2) is 0 Å². The van der Waals surface area contributed by atoms with E-state index < -0.39 is 0 Å². The molecule has 0 aliphatic carbocycles. The number of phenols is 1. The van der Waals surface area contributed by atoms with Gasteiger partial charge in [-0.1, -0.05) is 18.2 Å². The van der Waals surface area contributed by atoms with Crippen molar-refractivity contribution < 1.29 is 5.11 Å². The topological polar surface area (TPSA) is 61.5 Å². The molecule has 0 bridgehead atoms. The monoisotopic (exact) mass is 334 g/mol. The Morgan fingerprint density at radius 1 is 1.24 bits per heavy atom. The number of aromatic hydroxyl groups is 1. The summed E-state index contributed by atoms with van der Waals surface area (Å²) in [5.74, 6) is 0.952. The van der Waals surface area contributed by atoms with Crippen molar-refractivity contribution in [2.75, 3.05) is 19.6 Å². The minimum atomic E-state index is 0.259. The Hall–Kier alpha value is -2.68. The van der Waals surface area contributed by atoms with Crippen LogP contribution >= 0.6 is 0 Å². The van der Waals surface area contributed by atoms with E-state index in [1.807, 2.05) is 12.2 Å². The van der Waals surface area contributed by atoms with Crippen LogP contribution in [0.3, 0.4) is 0 Å². The van der Waals surface area contributed by atoms with E-state index in [-0.39, 0.29) is 5.75 Å². The van der Waals surface area contributed by atoms with Crippen LogP contribution in [0.25, 0.3) is 17.0 Å². The molecule has 0 amide bonds. The van der Waals surface area contributed by atoms with Crippen LogP contribution in [0.15, 0.2) is 36.7 Å². The smallest absolute Gasteiger partial charge is 0.205 e. The second-order valence-electron chi connectivity index (χ2n) is 6.34. The van der Waals surface area contributed by atoms with Crippen molar-refractivity contribution in [1.29, 1.82) is 0 Å². The van der Waals surface area contributed by atoms with E-state index in [4.69, 9.17) is 6.57 Å². The van der Waals surface area contributed by atoms with Gasteiger partial charge in [0.1, 0.15) is 5.75 Å². The highest BCUT2D eigenvalue weighted by molar-refractivity contribution is 5.71. The molecule has 1 unspecified atom stereocenters. The molecular formula is C20H22N4O. The lowest BCUT2D eigenvalue weighted by molar-refractivity contribution is 0.472. The maximum Gasteiger partial charge on any atom is 0.205 e. The lowest BCUT2D eigenvalue weighted by atomic mass is 10.1. The third-order valence-corrected chi connectivity index (χ3v) is 4.27. The molecule has 0 spiro atoms. The van der Waals surface area contributed by atoms with Gasteiger partial charge in [0.05, 0.1) is 6.57 Å². The Kier molecular flexibility index (Phi) is 5.78. The maximum absolute atomic E-state index is 9.96. The molecule has 1 aliphatic heterocycles. The molecule has 5 heteroatoms. The zero-order valence-corrected chi connectivity index (χ0v) is 14.1. The minimum absolute atomic E-state index is 0.259. The molecule has 0 saturated carbocycles. The zero-order valence-electron chi connectivity index (χ0n) is 14.1. The van der Waals surface area contributed by atoms with Gasteiger partial charge in [-0.15, -0.1) is 0 Å². The van der Waals surface area contributed by atoms with Crippen LogP contribution in [0.2, 0.25) is 0 Å². The number of hydrogen-bond acceptors (Lipinski definition) is 4. The van der Waals surface area contributed by atoms with Crippen molar-refractivity contribution in [1.82, 2.24) is 15.6 Å². The van der Waals surface area contributed by atoms with Crippen LogP contribution in [0.4, 0.5) is 5.69 Å². The predicted molar refractivity (Wildman–Crippen MR) is 100 cm³/mol. The number of hydrogen-bond donors (Lipinski definition) is 3. The van der Waals surface area contributed by atoms with E-state index in [0.29, 0.717) is 11.6 Å². The Balaban J connectivity index is 1.64. The van der Waals surface area contributed by atoms with Crippen molar-refractivity contribution in [3.63, 3.8) is 0 Å². The van der Waals surface area contributed by atoms with E-state index >= 15 is 0 Å². The normalized spacial score (nSPS) is 17.0. The highest BCUT2D eigenvalue weighted by atomic mass is 16.3. The van der Waals surface area contributed by atoms with Crippen molar-refractivity contribution in [2.24, 2.45) is 5.92 Å². The fourth-order valence-corrected chi connectivity index (χ4v) is 3.00. The van der Waals surface area contributed by atoms with E-state index in [1.165, 1.54) is 6.42 Å². The molecular weight excluding hydrogens is 312 g/mol. The summed E-state index contributed by atoms with van der Waals surface area (Å²) in [6.07, 6.45) is 8.31. The van der Waals surface area contributed by atoms with Crippen molar-refractivity contribution in [3.8, 4) is 5.75 Å². The van der Waals surface area contributed by atoms with Gasteiger partial charge in [-0.05, 0) is 66.9 Å². The number of phenolic OH excluding ortho intramolecular Hbond substituents is 1. The fraction of sp³-hybridized carbons (Fsp3) is 0.300. The predicted octanol–water partition coefficient (Wildman–Crippen LogP) is 3.21. The Morgan fingerprint density at radius 3 is 2.92 bits per heavy atom. The molecule has 3 rings (SSSR count). The van der Waals surface area contributed by atoms with Gasteiger partial charge in [0, 0.05) is 18.9 Å². The number of rotatable bonds is 6. The first-order valence-corrected chi connectivity index (χ1v) is 8.48. The van der Waals surface area contributed by atoms with Gasteiger partial charge in [0.2, 0.25) is 5.69 Å². The number of benzene rings is 1. The molecule has 1 atom stereocenters. The van der Waals surface area contributed by atoms with E-state index in [1.54, 1.807) is 30.6 Å². The highest BCUT2D eigenvalue weighted by Gasteiger charge is 2.13. The second kappa shape index (κ2) is 8.43. The summed E-state index contributed by atoms with van der Waals surface area (Å²) in [4.78, 5) is 7.43. The fourth-order valence-electron chi connectivity index (χ4n) is 3.00. The standard InChI is InChI=1S/C20H22N4O/c1-21-19-7-16(10-24-14-19)3-2-15-6-18(9-20(25)8-15)13-23-12-17-4-5-22-11-17/h2-3,6-10,14,17,22-23,25H,4-5,11-13H2/b3-2+. The molecule has 1 aromatic heterocycles. The first-order chi connectivity index (χ1) is 12.2. The Labute approximate surface area is 148 Å². The third kappa shape index (κ3) is 5.15. The summed E-state index contributed by atoms with van der Waals surface area (Å²) in [6.45, 7) is 11.0. The van der Waals surface area contributed by atoms with Crippen molar-refractivity contribution in [2.45, 2.75) is 13.0 Å². The lowest BCUT2D eigenvalue weighted by Gasteiger charge is -2.10. The van der Waals surface area contributed by atoms with E-state index in [0.717, 1.165) is 42.9 Å². The molecule has 1 aliphatic rings. The Bertz CT molecular complexity index is 789. The molecule has 1 saturated heterocycles. The zero-order chi connectivity index (χ0) is 17.5. The van der Waals surface area contributed by atoms with Crippen molar-refractivity contribution in [3.05, 3.63) is 64.8 Å². The number of pyridine rings is 1. The second-order valence-corrected chi connectivity index (χ2v) is 6.34. The molecule has 5 nitrogen and oxygen atoms in total. The SMILES string of the molecule is [C-]#[N+]c1cncc(/C=C/c2cc(O)cc(CNCC3CCNC3)c2)c1. The minimum Gasteiger partial charge on any atom is -0.508 e. The molecule has 3 N–H and O–H groups in total. The molecule has 1 fully saturated rings. The van der Waals surface area contributed by atoms with Gasteiger partial charge in [-0.25, -0.2) is 4.85 Å². The highest BCUT2D eigenvalue weighted by Crippen LogP contribution is 2.19. The van der Waals surface area contributed by atoms with E-state index in [2.05, 4.69) is 26.5 Å². The largest absolute Gasteiger partial charge is 0.508 e. The van der Waals surface area contributed by atoms with Crippen molar-refractivity contribution >= 4 is 17.8 Å². The van der Waals surface area contributed by atoms with Crippen LogP contribution in [-0.4, -0.2) is 29.7 Å². The van der Waals surface area contributed by atoms with Gasteiger partial charge in [-0.2, -0.15) is 0 Å². The van der Waals surface area contributed by atoms with E-state index in [9.17, 15) is 5.11 Å². The summed E-state index contributed by atoms with van der Waals surface area (Å²) in [5, 5.41) is 16.8. The van der Waals surface area contributed by atoms with Gasteiger partial charge < -0.3 is 15.7 Å². The average molecular weight is 334 g/mol. The Morgan fingerprint density at radius 2 is 2.12 bits per heavy atom. The molecule has 128 valence electrons. The maximum atomic E-state index is 9.96. The summed E-state index contributed by atoms with van der Waals surface area (Å²) >= 11 is 0. The van der Waals surface area contributed by atoms with Crippen LogP contribution in [0.1, 0.15) is 23.1 Å².